The van der Waals surface area contributed by atoms with E-state index >= 15 is 0 Å². The highest BCUT2D eigenvalue weighted by atomic mass is 35.5. The molecule has 1 amide bonds. The molecule has 3 N–H and O–H groups in total. The summed E-state index contributed by atoms with van der Waals surface area (Å²) in [5.41, 5.74) is 0.302. The lowest BCUT2D eigenvalue weighted by Gasteiger charge is -2.22. The molecule has 22 heavy (non-hydrogen) atoms. The number of hydrogen-bond donors (Lipinski definition) is 3. The average Bonchev–Trinajstić information content (AvgIpc) is 2.52. The summed E-state index contributed by atoms with van der Waals surface area (Å²) in [6.07, 6.45) is 6.59. The van der Waals surface area contributed by atoms with Gasteiger partial charge in [-0.15, -0.1) is 0 Å². The molecule has 0 bridgehead atoms. The van der Waals surface area contributed by atoms with E-state index < -0.39 is 5.91 Å². The molecule has 0 aromatic heterocycles. The Bertz CT molecular complexity index is 616. The minimum atomic E-state index is -0.400. The van der Waals surface area contributed by atoms with Gasteiger partial charge in [-0.1, -0.05) is 30.9 Å². The lowest BCUT2D eigenvalue weighted by molar-refractivity contribution is -0.118. The lowest BCUT2D eigenvalue weighted by Crippen LogP contribution is -2.37. The van der Waals surface area contributed by atoms with Gasteiger partial charge in [0, 0.05) is 17.3 Å². The number of carbonyl (C=O) groups is 1. The van der Waals surface area contributed by atoms with Crippen LogP contribution < -0.4 is 10.6 Å². The average molecular weight is 320 g/mol. The van der Waals surface area contributed by atoms with Crippen LogP contribution in [0.5, 0.6) is 5.75 Å². The summed E-state index contributed by atoms with van der Waals surface area (Å²) in [5.74, 6) is -0.408. The first-order chi connectivity index (χ1) is 10.6. The number of amides is 1. The van der Waals surface area contributed by atoms with Crippen LogP contribution in [-0.4, -0.2) is 17.1 Å². The Kier molecular flexibility index (Phi) is 5.68. The maximum Gasteiger partial charge on any atom is 0.263 e. The number of carbonyl (C=O) groups excluding carboxylic acids is 1. The van der Waals surface area contributed by atoms with Gasteiger partial charge in [0.25, 0.3) is 5.91 Å². The van der Waals surface area contributed by atoms with Crippen LogP contribution in [0.3, 0.4) is 0 Å². The monoisotopic (exact) mass is 319 g/mol. The fourth-order valence-electron chi connectivity index (χ4n) is 2.43. The van der Waals surface area contributed by atoms with Crippen LogP contribution in [0.2, 0.25) is 5.02 Å². The molecule has 0 spiro atoms. The Labute approximate surface area is 134 Å². The van der Waals surface area contributed by atoms with Gasteiger partial charge in [0.2, 0.25) is 0 Å². The van der Waals surface area contributed by atoms with E-state index in [0.717, 1.165) is 25.7 Å². The molecule has 1 fully saturated rings. The highest BCUT2D eigenvalue weighted by Crippen LogP contribution is 2.26. The van der Waals surface area contributed by atoms with Crippen LogP contribution in [0.25, 0.3) is 0 Å². The Balaban J connectivity index is 2.02. The van der Waals surface area contributed by atoms with Crippen LogP contribution >= 0.6 is 11.6 Å². The van der Waals surface area contributed by atoms with Gasteiger partial charge in [0.15, 0.2) is 0 Å². The maximum atomic E-state index is 12.1. The first-order valence-electron chi connectivity index (χ1n) is 7.26. The van der Waals surface area contributed by atoms with Gasteiger partial charge in [-0.3, -0.25) is 4.79 Å². The Morgan fingerprint density at radius 3 is 2.77 bits per heavy atom. The smallest absolute Gasteiger partial charge is 0.263 e. The standard InChI is InChI=1S/C16H18ClN3O2/c17-12-6-7-15(21)14(8-12)19-10-11(9-18)16(22)20-13-4-2-1-3-5-13/h6-8,10,13,19,21H,1-5H2,(H,20,22)/b11-10-. The maximum absolute atomic E-state index is 12.1. The summed E-state index contributed by atoms with van der Waals surface area (Å²) in [6, 6.07) is 6.51. The fraction of sp³-hybridized carbons (Fsp3) is 0.375. The molecule has 1 aromatic carbocycles. The van der Waals surface area contributed by atoms with Crippen LogP contribution in [0.1, 0.15) is 32.1 Å². The quantitative estimate of drug-likeness (QED) is 0.451. The molecule has 0 heterocycles. The zero-order valence-electron chi connectivity index (χ0n) is 12.1. The molecule has 116 valence electrons. The lowest BCUT2D eigenvalue weighted by atomic mass is 9.95. The SMILES string of the molecule is N#C/C(=C/Nc1cc(Cl)ccc1O)C(=O)NC1CCCCC1. The summed E-state index contributed by atoms with van der Waals surface area (Å²) in [4.78, 5) is 12.1. The van der Waals surface area contributed by atoms with Gasteiger partial charge < -0.3 is 15.7 Å². The normalized spacial score (nSPS) is 15.9. The number of rotatable bonds is 4. The van der Waals surface area contributed by atoms with Crippen LogP contribution in [0.4, 0.5) is 5.69 Å². The van der Waals surface area contributed by atoms with Gasteiger partial charge in [-0.05, 0) is 31.0 Å². The zero-order chi connectivity index (χ0) is 15.9. The number of hydrogen-bond acceptors (Lipinski definition) is 4. The first kappa shape index (κ1) is 16.2. The fourth-order valence-corrected chi connectivity index (χ4v) is 2.60. The van der Waals surface area contributed by atoms with Gasteiger partial charge in [-0.2, -0.15) is 5.26 Å². The van der Waals surface area contributed by atoms with Crippen LogP contribution in [0, 0.1) is 11.3 Å². The van der Waals surface area contributed by atoms with E-state index in [4.69, 9.17) is 16.9 Å². The van der Waals surface area contributed by atoms with Gasteiger partial charge in [-0.25, -0.2) is 0 Å². The number of aromatic hydroxyl groups is 1. The first-order valence-corrected chi connectivity index (χ1v) is 7.64. The molecule has 0 saturated heterocycles. The molecule has 1 aliphatic rings. The molecule has 6 heteroatoms. The number of halogens is 1. The van der Waals surface area contributed by atoms with E-state index in [1.54, 1.807) is 6.07 Å². The molecule has 0 atom stereocenters. The minimum Gasteiger partial charge on any atom is -0.506 e. The third kappa shape index (κ3) is 4.40. The van der Waals surface area contributed by atoms with Crippen molar-refractivity contribution in [2.45, 2.75) is 38.1 Å². The summed E-state index contributed by atoms with van der Waals surface area (Å²) >= 11 is 5.84. The van der Waals surface area contributed by atoms with Crippen LogP contribution in [0.15, 0.2) is 30.0 Å². The third-order valence-electron chi connectivity index (χ3n) is 3.64. The highest BCUT2D eigenvalue weighted by molar-refractivity contribution is 6.30. The predicted octanol–water partition coefficient (Wildman–Crippen LogP) is 3.31. The van der Waals surface area contributed by atoms with E-state index in [9.17, 15) is 9.90 Å². The molecule has 1 aromatic rings. The third-order valence-corrected chi connectivity index (χ3v) is 3.87. The van der Waals surface area contributed by atoms with E-state index in [2.05, 4.69) is 10.6 Å². The molecule has 0 radical (unpaired) electrons. The van der Waals surface area contributed by atoms with E-state index in [1.165, 1.54) is 24.8 Å². The number of anilines is 1. The molecule has 5 nitrogen and oxygen atoms in total. The summed E-state index contributed by atoms with van der Waals surface area (Å²) in [7, 11) is 0. The second-order valence-electron chi connectivity index (χ2n) is 5.28. The second-order valence-corrected chi connectivity index (χ2v) is 5.72. The van der Waals surface area contributed by atoms with Gasteiger partial charge >= 0.3 is 0 Å². The molecular formula is C16H18ClN3O2. The predicted molar refractivity (Wildman–Crippen MR) is 85.5 cm³/mol. The Morgan fingerprint density at radius 1 is 1.36 bits per heavy atom. The molecule has 1 saturated carbocycles. The molecule has 1 aliphatic carbocycles. The Morgan fingerprint density at radius 2 is 2.09 bits per heavy atom. The van der Waals surface area contributed by atoms with Gasteiger partial charge in [0.1, 0.15) is 17.4 Å². The van der Waals surface area contributed by atoms with E-state index in [0.29, 0.717) is 10.7 Å². The van der Waals surface area contributed by atoms with Crippen molar-refractivity contribution in [1.29, 1.82) is 5.26 Å². The number of nitriles is 1. The minimum absolute atomic E-state index is 0.00868. The molecule has 2 rings (SSSR count). The Hall–Kier alpha value is -2.19. The number of phenols is 1. The number of nitrogens with one attached hydrogen (secondary N) is 2. The number of phenolic OH excluding ortho intramolecular Hbond substituents is 1. The van der Waals surface area contributed by atoms with Crippen molar-refractivity contribution in [2.75, 3.05) is 5.32 Å². The summed E-state index contributed by atoms with van der Waals surface area (Å²) in [6.45, 7) is 0. The van der Waals surface area contributed by atoms with Crippen molar-refractivity contribution in [2.24, 2.45) is 0 Å². The largest absolute Gasteiger partial charge is 0.506 e. The van der Waals surface area contributed by atoms with Gasteiger partial charge in [0.05, 0.1) is 5.69 Å². The van der Waals surface area contributed by atoms with Crippen molar-refractivity contribution in [1.82, 2.24) is 5.32 Å². The second kappa shape index (κ2) is 7.71. The zero-order valence-corrected chi connectivity index (χ0v) is 12.9. The van der Waals surface area contributed by atoms with Crippen molar-refractivity contribution < 1.29 is 9.90 Å². The van der Waals surface area contributed by atoms with Crippen molar-refractivity contribution in [3.05, 3.63) is 35.0 Å². The number of nitrogens with zero attached hydrogens (tertiary/aromatic N) is 1. The molecule has 0 aliphatic heterocycles. The van der Waals surface area contributed by atoms with Crippen LogP contribution in [-0.2, 0) is 4.79 Å². The van der Waals surface area contributed by atoms with Crippen molar-refractivity contribution in [3.8, 4) is 11.8 Å². The van der Waals surface area contributed by atoms with E-state index in [1.807, 2.05) is 6.07 Å². The highest BCUT2D eigenvalue weighted by Gasteiger charge is 2.18. The van der Waals surface area contributed by atoms with E-state index in [-0.39, 0.29) is 17.4 Å². The topological polar surface area (TPSA) is 85.2 Å². The summed E-state index contributed by atoms with van der Waals surface area (Å²) in [5, 5.41) is 24.9. The molecule has 0 unspecified atom stereocenters. The van der Waals surface area contributed by atoms with Crippen molar-refractivity contribution in [3.63, 3.8) is 0 Å². The molecular weight excluding hydrogens is 302 g/mol. The summed E-state index contributed by atoms with van der Waals surface area (Å²) < 4.78 is 0. The number of benzene rings is 1. The van der Waals surface area contributed by atoms with Crippen molar-refractivity contribution >= 4 is 23.2 Å².